The minimum Gasteiger partial charge on any atom is -0.454 e. The number of aromatic nitrogens is 3. The van der Waals surface area contributed by atoms with E-state index in [1.165, 1.54) is 0 Å². The average molecular weight is 717 g/mol. The Morgan fingerprint density at radius 2 is 0.929 bits per heavy atom. The number of furan rings is 1. The van der Waals surface area contributed by atoms with Gasteiger partial charge in [0, 0.05) is 57.4 Å². The molecule has 5 nitrogen and oxygen atoms in total. The fourth-order valence-electron chi connectivity index (χ4n) is 7.94. The summed E-state index contributed by atoms with van der Waals surface area (Å²) in [5, 5.41) is 5.58. The van der Waals surface area contributed by atoms with Crippen LogP contribution >= 0.6 is 0 Å². The van der Waals surface area contributed by atoms with Gasteiger partial charge in [-0.15, -0.1) is 0 Å². The summed E-state index contributed by atoms with van der Waals surface area (Å²) in [7, 11) is 0. The second-order valence-corrected chi connectivity index (χ2v) is 14.1. The van der Waals surface area contributed by atoms with Gasteiger partial charge in [-0.05, 0) is 136 Å². The summed E-state index contributed by atoms with van der Waals surface area (Å²) in [6.07, 6.45) is 5.54. The lowest BCUT2D eigenvalue weighted by Crippen LogP contribution is -2.09. The molecule has 0 amide bonds. The number of hydrogen-bond acceptors (Lipinski definition) is 5. The van der Waals surface area contributed by atoms with Gasteiger partial charge in [0.05, 0.1) is 11.0 Å². The number of pyridine rings is 3. The zero-order valence-corrected chi connectivity index (χ0v) is 30.2. The SMILES string of the molecule is c1cnc2ccc(-c3ccc(N(c4ccc(-c5ccc6ncccc6c5)cc4)c4ccc5cc(-c6ccnc7c6oc6ccccc67)ccc5c4)cc3)cc2c1. The molecular weight excluding hydrogens is 685 g/mol. The Labute approximate surface area is 322 Å². The summed E-state index contributed by atoms with van der Waals surface area (Å²) in [6, 6.07) is 62.2. The fourth-order valence-corrected chi connectivity index (χ4v) is 7.94. The van der Waals surface area contributed by atoms with Crippen molar-refractivity contribution in [3.63, 3.8) is 0 Å². The van der Waals surface area contributed by atoms with Crippen LogP contribution in [0.15, 0.2) is 199 Å². The molecule has 0 atom stereocenters. The molecule has 0 fully saturated rings. The zero-order valence-electron chi connectivity index (χ0n) is 30.2. The minimum absolute atomic E-state index is 0.809. The highest BCUT2D eigenvalue weighted by molar-refractivity contribution is 6.07. The van der Waals surface area contributed by atoms with E-state index in [4.69, 9.17) is 4.42 Å². The normalized spacial score (nSPS) is 11.6. The molecule has 7 aromatic carbocycles. The van der Waals surface area contributed by atoms with E-state index >= 15 is 0 Å². The first-order valence-corrected chi connectivity index (χ1v) is 18.7. The van der Waals surface area contributed by atoms with Gasteiger partial charge in [-0.25, -0.2) is 0 Å². The van der Waals surface area contributed by atoms with Crippen molar-refractivity contribution >= 4 is 71.7 Å². The van der Waals surface area contributed by atoms with E-state index in [9.17, 15) is 0 Å². The Bertz CT molecular complexity index is 3140. The molecule has 0 unspecified atom stereocenters. The highest BCUT2D eigenvalue weighted by Gasteiger charge is 2.17. The van der Waals surface area contributed by atoms with Crippen LogP contribution in [0.2, 0.25) is 0 Å². The number of hydrogen-bond donors (Lipinski definition) is 0. The van der Waals surface area contributed by atoms with Gasteiger partial charge in [0.2, 0.25) is 0 Å². The maximum absolute atomic E-state index is 6.33. The van der Waals surface area contributed by atoms with Crippen LogP contribution in [-0.4, -0.2) is 15.0 Å². The first-order chi connectivity index (χ1) is 27.7. The van der Waals surface area contributed by atoms with E-state index in [-0.39, 0.29) is 0 Å². The Hall–Kier alpha value is -7.63. The molecule has 0 N–H and O–H groups in total. The standard InChI is InChI=1S/C51H32N4O/c1-2-8-49-46(7-1)50-51(56-49)45(25-28-54-50)39-10-9-38-32-44(22-15-37(38)29-39)55(42-18-11-33(12-19-42)35-16-23-47-40(30-35)5-3-26-52-47)43-20-13-34(14-21-43)36-17-24-48-41(31-36)6-4-27-53-48/h1-32H. The monoisotopic (exact) mass is 716 g/mol. The first kappa shape index (κ1) is 31.9. The molecule has 4 heterocycles. The second kappa shape index (κ2) is 13.0. The molecular formula is C51H32N4O. The predicted octanol–water partition coefficient (Wildman–Crippen LogP) is 13.7. The highest BCUT2D eigenvalue weighted by atomic mass is 16.3. The second-order valence-electron chi connectivity index (χ2n) is 14.1. The quantitative estimate of drug-likeness (QED) is 0.171. The largest absolute Gasteiger partial charge is 0.454 e. The van der Waals surface area contributed by atoms with Crippen LogP contribution in [0.1, 0.15) is 0 Å². The first-order valence-electron chi connectivity index (χ1n) is 18.7. The van der Waals surface area contributed by atoms with Gasteiger partial charge in [0.15, 0.2) is 5.58 Å². The third kappa shape index (κ3) is 5.53. The van der Waals surface area contributed by atoms with E-state index in [1.54, 1.807) is 0 Å². The topological polar surface area (TPSA) is 55.1 Å². The molecule has 0 bridgehead atoms. The Kier molecular flexibility index (Phi) is 7.42. The van der Waals surface area contributed by atoms with Gasteiger partial charge in [-0.3, -0.25) is 15.0 Å². The molecule has 0 saturated carbocycles. The van der Waals surface area contributed by atoms with Crippen molar-refractivity contribution in [1.29, 1.82) is 0 Å². The van der Waals surface area contributed by atoms with Crippen LogP contribution in [0.25, 0.3) is 88.0 Å². The number of benzene rings is 7. The Morgan fingerprint density at radius 1 is 0.375 bits per heavy atom. The van der Waals surface area contributed by atoms with Gasteiger partial charge in [-0.1, -0.05) is 78.9 Å². The Morgan fingerprint density at radius 3 is 1.61 bits per heavy atom. The molecule has 0 radical (unpaired) electrons. The number of rotatable bonds is 6. The molecule has 11 rings (SSSR count). The third-order valence-corrected chi connectivity index (χ3v) is 10.8. The van der Waals surface area contributed by atoms with Gasteiger partial charge >= 0.3 is 0 Å². The van der Waals surface area contributed by atoms with Crippen LogP contribution in [0.4, 0.5) is 17.1 Å². The fraction of sp³-hybridized carbons (Fsp3) is 0. The van der Waals surface area contributed by atoms with Gasteiger partial charge in [0.1, 0.15) is 11.1 Å². The summed E-state index contributed by atoms with van der Waals surface area (Å²) in [4.78, 5) is 16.0. The molecule has 56 heavy (non-hydrogen) atoms. The van der Waals surface area contributed by atoms with Crippen molar-refractivity contribution in [2.75, 3.05) is 4.90 Å². The lowest BCUT2D eigenvalue weighted by atomic mass is 9.99. The minimum atomic E-state index is 0.809. The molecule has 4 aromatic heterocycles. The third-order valence-electron chi connectivity index (χ3n) is 10.8. The van der Waals surface area contributed by atoms with Crippen molar-refractivity contribution in [3.05, 3.63) is 195 Å². The molecule has 5 heteroatoms. The van der Waals surface area contributed by atoms with Gasteiger partial charge in [-0.2, -0.15) is 0 Å². The molecule has 11 aromatic rings. The maximum Gasteiger partial charge on any atom is 0.161 e. The van der Waals surface area contributed by atoms with E-state index < -0.39 is 0 Å². The summed E-state index contributed by atoms with van der Waals surface area (Å²) in [6.45, 7) is 0. The van der Waals surface area contributed by atoms with E-state index in [1.807, 2.05) is 55.0 Å². The summed E-state index contributed by atoms with van der Waals surface area (Å²) >= 11 is 0. The number of nitrogens with zero attached hydrogens (tertiary/aromatic N) is 4. The average Bonchev–Trinajstić information content (AvgIpc) is 3.66. The van der Waals surface area contributed by atoms with Crippen molar-refractivity contribution < 1.29 is 4.42 Å². The van der Waals surface area contributed by atoms with Crippen molar-refractivity contribution in [2.24, 2.45) is 0 Å². The van der Waals surface area contributed by atoms with E-state index in [0.29, 0.717) is 0 Å². The number of para-hydroxylation sites is 1. The molecule has 0 aliphatic rings. The molecule has 0 aliphatic carbocycles. The molecule has 0 spiro atoms. The molecule has 262 valence electrons. The maximum atomic E-state index is 6.33. The summed E-state index contributed by atoms with van der Waals surface area (Å²) in [5.74, 6) is 0. The van der Waals surface area contributed by atoms with Crippen molar-refractivity contribution in [1.82, 2.24) is 15.0 Å². The molecule has 0 aliphatic heterocycles. The van der Waals surface area contributed by atoms with Crippen LogP contribution in [0, 0.1) is 0 Å². The smallest absolute Gasteiger partial charge is 0.161 e. The highest BCUT2D eigenvalue weighted by Crippen LogP contribution is 2.40. The van der Waals surface area contributed by atoms with Crippen LogP contribution in [0.3, 0.4) is 0 Å². The van der Waals surface area contributed by atoms with Crippen molar-refractivity contribution in [2.45, 2.75) is 0 Å². The predicted molar refractivity (Wildman–Crippen MR) is 231 cm³/mol. The number of fused-ring (bicyclic) bond motifs is 6. The van der Waals surface area contributed by atoms with Gasteiger partial charge < -0.3 is 9.32 Å². The zero-order chi connectivity index (χ0) is 37.0. The lowest BCUT2D eigenvalue weighted by molar-refractivity contribution is 0.669. The lowest BCUT2D eigenvalue weighted by Gasteiger charge is -2.26. The van der Waals surface area contributed by atoms with Crippen LogP contribution in [0.5, 0.6) is 0 Å². The Balaban J connectivity index is 0.987. The van der Waals surface area contributed by atoms with E-state index in [0.717, 1.165) is 105 Å². The number of anilines is 3. The van der Waals surface area contributed by atoms with Gasteiger partial charge in [0.25, 0.3) is 0 Å². The summed E-state index contributed by atoms with van der Waals surface area (Å²) < 4.78 is 6.33. The molecule has 0 saturated heterocycles. The van der Waals surface area contributed by atoms with E-state index in [2.05, 4.69) is 159 Å². The van der Waals surface area contributed by atoms with Crippen molar-refractivity contribution in [3.8, 4) is 33.4 Å². The van der Waals surface area contributed by atoms with Crippen LogP contribution < -0.4 is 4.90 Å². The summed E-state index contributed by atoms with van der Waals surface area (Å²) in [5.41, 5.74) is 14.5. The van der Waals surface area contributed by atoms with Crippen LogP contribution in [-0.2, 0) is 0 Å².